The summed E-state index contributed by atoms with van der Waals surface area (Å²) in [5.74, 6) is 2.66. The molecule has 1 unspecified atom stereocenters. The first-order valence-electron chi connectivity index (χ1n) is 7.74. The Morgan fingerprint density at radius 2 is 1.90 bits per heavy atom. The highest BCUT2D eigenvalue weighted by Crippen LogP contribution is 2.33. The second-order valence-electron chi connectivity index (χ2n) is 6.70. The van der Waals surface area contributed by atoms with Crippen molar-refractivity contribution in [2.45, 2.75) is 45.7 Å². The molecule has 4 heteroatoms. The van der Waals surface area contributed by atoms with Crippen LogP contribution in [-0.2, 0) is 12.0 Å². The fraction of sp³-hybridized carbons (Fsp3) is 0.529. The maximum atomic E-state index is 4.55. The molecule has 0 aliphatic carbocycles. The van der Waals surface area contributed by atoms with Gasteiger partial charge in [0.1, 0.15) is 5.82 Å². The van der Waals surface area contributed by atoms with E-state index in [0.29, 0.717) is 12.0 Å². The third-order valence-electron chi connectivity index (χ3n) is 4.48. The molecule has 3 rings (SSSR count). The number of hydrogen-bond acceptors (Lipinski definition) is 3. The third-order valence-corrected chi connectivity index (χ3v) is 4.48. The first-order chi connectivity index (χ1) is 10.0. The van der Waals surface area contributed by atoms with Gasteiger partial charge < -0.3 is 9.88 Å². The van der Waals surface area contributed by atoms with Crippen molar-refractivity contribution < 1.29 is 0 Å². The zero-order chi connectivity index (χ0) is 15.0. The second-order valence-corrected chi connectivity index (χ2v) is 6.70. The van der Waals surface area contributed by atoms with Crippen molar-refractivity contribution in [3.63, 3.8) is 0 Å². The maximum absolute atomic E-state index is 4.55. The van der Waals surface area contributed by atoms with Crippen molar-refractivity contribution in [3.8, 4) is 0 Å². The molecule has 1 aromatic heterocycles. The van der Waals surface area contributed by atoms with Gasteiger partial charge in [-0.15, -0.1) is 10.2 Å². The van der Waals surface area contributed by atoms with Crippen molar-refractivity contribution in [2.24, 2.45) is 5.92 Å². The van der Waals surface area contributed by atoms with E-state index in [1.165, 1.54) is 5.56 Å². The van der Waals surface area contributed by atoms with Crippen LogP contribution in [-0.4, -0.2) is 21.3 Å². The van der Waals surface area contributed by atoms with Gasteiger partial charge in [0, 0.05) is 18.5 Å². The molecule has 0 bridgehead atoms. The van der Waals surface area contributed by atoms with Crippen molar-refractivity contribution in [2.75, 3.05) is 6.54 Å². The van der Waals surface area contributed by atoms with Crippen LogP contribution >= 0.6 is 0 Å². The number of nitrogens with zero attached hydrogens (tertiary/aromatic N) is 3. The predicted octanol–water partition coefficient (Wildman–Crippen LogP) is 2.90. The van der Waals surface area contributed by atoms with E-state index in [9.17, 15) is 0 Å². The van der Waals surface area contributed by atoms with Gasteiger partial charge in [0.2, 0.25) is 0 Å². The molecule has 4 nitrogen and oxygen atoms in total. The van der Waals surface area contributed by atoms with Crippen LogP contribution in [0.4, 0.5) is 0 Å². The van der Waals surface area contributed by atoms with E-state index in [0.717, 1.165) is 24.7 Å². The number of hydrogen-bond donors (Lipinski definition) is 1. The molecule has 1 aromatic carbocycles. The summed E-state index contributed by atoms with van der Waals surface area (Å²) in [7, 11) is 0. The summed E-state index contributed by atoms with van der Waals surface area (Å²) in [4.78, 5) is 0. The Balaban J connectivity index is 2.05. The molecule has 1 aliphatic rings. The first-order valence-corrected chi connectivity index (χ1v) is 7.74. The summed E-state index contributed by atoms with van der Waals surface area (Å²) in [6, 6.07) is 10.9. The number of fused-ring (bicyclic) bond motifs is 1. The molecule has 1 aliphatic heterocycles. The topological polar surface area (TPSA) is 42.7 Å². The molecule has 112 valence electrons. The van der Waals surface area contributed by atoms with Gasteiger partial charge in [0.25, 0.3) is 0 Å². The van der Waals surface area contributed by atoms with Crippen LogP contribution in [0.15, 0.2) is 30.3 Å². The lowest BCUT2D eigenvalue weighted by molar-refractivity contribution is 0.330. The average Bonchev–Trinajstić information content (AvgIpc) is 2.92. The van der Waals surface area contributed by atoms with E-state index >= 15 is 0 Å². The number of benzene rings is 1. The second kappa shape index (κ2) is 5.26. The summed E-state index contributed by atoms with van der Waals surface area (Å²) >= 11 is 0. The molecule has 2 aromatic rings. The Labute approximate surface area is 126 Å². The quantitative estimate of drug-likeness (QED) is 0.942. The van der Waals surface area contributed by atoms with Crippen LogP contribution < -0.4 is 5.32 Å². The molecular weight excluding hydrogens is 260 g/mol. The number of nitrogens with one attached hydrogen (secondary N) is 1. The van der Waals surface area contributed by atoms with Crippen LogP contribution in [0, 0.1) is 5.92 Å². The standard InChI is InChI=1S/C17H24N4/c1-12(2)14-15-19-20-16(21(15)11-10-18-14)17(3,4)13-8-6-5-7-9-13/h5-9,12,14,18H,10-11H2,1-4H3. The Morgan fingerprint density at radius 3 is 2.57 bits per heavy atom. The summed E-state index contributed by atoms with van der Waals surface area (Å²) in [5.41, 5.74) is 1.14. The number of aromatic nitrogens is 3. The van der Waals surface area contributed by atoms with Gasteiger partial charge >= 0.3 is 0 Å². The fourth-order valence-electron chi connectivity index (χ4n) is 3.17. The highest BCUT2D eigenvalue weighted by atomic mass is 15.3. The molecule has 0 radical (unpaired) electrons. The Bertz CT molecular complexity index is 613. The molecule has 1 N–H and O–H groups in total. The summed E-state index contributed by atoms with van der Waals surface area (Å²) in [6.07, 6.45) is 0. The predicted molar refractivity (Wildman–Crippen MR) is 84.2 cm³/mol. The van der Waals surface area contributed by atoms with Crippen molar-refractivity contribution in [1.82, 2.24) is 20.1 Å². The molecule has 0 saturated carbocycles. The zero-order valence-electron chi connectivity index (χ0n) is 13.3. The van der Waals surface area contributed by atoms with Gasteiger partial charge in [-0.1, -0.05) is 44.2 Å². The largest absolute Gasteiger partial charge is 0.312 e. The highest BCUT2D eigenvalue weighted by Gasteiger charge is 2.34. The first kappa shape index (κ1) is 14.3. The molecule has 2 heterocycles. The monoisotopic (exact) mass is 284 g/mol. The minimum atomic E-state index is -0.134. The maximum Gasteiger partial charge on any atom is 0.150 e. The van der Waals surface area contributed by atoms with Gasteiger partial charge in [-0.05, 0) is 25.3 Å². The van der Waals surface area contributed by atoms with E-state index in [4.69, 9.17) is 0 Å². The SMILES string of the molecule is CC(C)C1NCCn2c1nnc2C(C)(C)c1ccccc1. The van der Waals surface area contributed by atoms with Crippen LogP contribution in [0.2, 0.25) is 0 Å². The van der Waals surface area contributed by atoms with E-state index in [1.54, 1.807) is 0 Å². The molecule has 0 fully saturated rings. The van der Waals surface area contributed by atoms with E-state index in [2.05, 4.69) is 78.1 Å². The lowest BCUT2D eigenvalue weighted by atomic mass is 9.83. The van der Waals surface area contributed by atoms with Gasteiger partial charge in [-0.2, -0.15) is 0 Å². The zero-order valence-corrected chi connectivity index (χ0v) is 13.3. The van der Waals surface area contributed by atoms with Crippen molar-refractivity contribution in [1.29, 1.82) is 0 Å². The molecule has 21 heavy (non-hydrogen) atoms. The summed E-state index contributed by atoms with van der Waals surface area (Å²) < 4.78 is 2.31. The number of rotatable bonds is 3. The van der Waals surface area contributed by atoms with Gasteiger partial charge in [-0.25, -0.2) is 0 Å². The Morgan fingerprint density at radius 1 is 1.19 bits per heavy atom. The van der Waals surface area contributed by atoms with Crippen molar-refractivity contribution in [3.05, 3.63) is 47.5 Å². The smallest absolute Gasteiger partial charge is 0.150 e. The van der Waals surface area contributed by atoms with Crippen LogP contribution in [0.5, 0.6) is 0 Å². The van der Waals surface area contributed by atoms with E-state index in [1.807, 2.05) is 0 Å². The van der Waals surface area contributed by atoms with Crippen molar-refractivity contribution >= 4 is 0 Å². The summed E-state index contributed by atoms with van der Waals surface area (Å²) in [6.45, 7) is 10.8. The third kappa shape index (κ3) is 2.38. The lowest BCUT2D eigenvalue weighted by Gasteiger charge is -2.31. The minimum absolute atomic E-state index is 0.134. The minimum Gasteiger partial charge on any atom is -0.312 e. The molecule has 0 spiro atoms. The molecule has 1 atom stereocenters. The van der Waals surface area contributed by atoms with E-state index < -0.39 is 0 Å². The average molecular weight is 284 g/mol. The van der Waals surface area contributed by atoms with Crippen LogP contribution in [0.1, 0.15) is 50.9 Å². The van der Waals surface area contributed by atoms with Gasteiger partial charge in [0.15, 0.2) is 5.82 Å². The Hall–Kier alpha value is -1.68. The molecule has 0 amide bonds. The van der Waals surface area contributed by atoms with E-state index in [-0.39, 0.29) is 5.41 Å². The van der Waals surface area contributed by atoms with Gasteiger partial charge in [0.05, 0.1) is 6.04 Å². The fourth-order valence-corrected chi connectivity index (χ4v) is 3.17. The molecular formula is C17H24N4. The molecule has 0 saturated heterocycles. The van der Waals surface area contributed by atoms with Crippen LogP contribution in [0.25, 0.3) is 0 Å². The van der Waals surface area contributed by atoms with Gasteiger partial charge in [-0.3, -0.25) is 0 Å². The Kier molecular flexibility index (Phi) is 3.57. The highest BCUT2D eigenvalue weighted by molar-refractivity contribution is 5.31. The summed E-state index contributed by atoms with van der Waals surface area (Å²) in [5, 5.41) is 12.6. The van der Waals surface area contributed by atoms with Crippen LogP contribution in [0.3, 0.4) is 0 Å². The lowest BCUT2D eigenvalue weighted by Crippen LogP contribution is -2.38. The normalized spacial score (nSPS) is 18.8.